The predicted octanol–water partition coefficient (Wildman–Crippen LogP) is 3.88. The van der Waals surface area contributed by atoms with Crippen LogP contribution in [-0.2, 0) is 22.7 Å². The molecule has 2 heterocycles. The molecular formula is C23H25ClFN3O3. The summed E-state index contributed by atoms with van der Waals surface area (Å²) in [5, 5.41) is 3.58. The van der Waals surface area contributed by atoms with E-state index >= 15 is 0 Å². The first-order chi connectivity index (χ1) is 14.9. The second-order valence-electron chi connectivity index (χ2n) is 8.00. The number of ether oxygens (including phenoxy) is 1. The first-order valence-corrected chi connectivity index (χ1v) is 10.7. The van der Waals surface area contributed by atoms with E-state index in [2.05, 4.69) is 5.32 Å². The number of amides is 3. The zero-order chi connectivity index (χ0) is 22.0. The lowest BCUT2D eigenvalue weighted by Gasteiger charge is -2.32. The molecule has 1 unspecified atom stereocenters. The van der Waals surface area contributed by atoms with Crippen molar-refractivity contribution in [3.8, 4) is 0 Å². The van der Waals surface area contributed by atoms with Crippen molar-refractivity contribution >= 4 is 23.5 Å². The maximum Gasteiger partial charge on any atom is 0.318 e. The first-order valence-electron chi connectivity index (χ1n) is 10.4. The highest BCUT2D eigenvalue weighted by Crippen LogP contribution is 2.28. The van der Waals surface area contributed by atoms with Crippen molar-refractivity contribution in [2.24, 2.45) is 0 Å². The van der Waals surface area contributed by atoms with Crippen molar-refractivity contribution in [2.75, 3.05) is 20.2 Å². The van der Waals surface area contributed by atoms with Crippen LogP contribution in [0.2, 0.25) is 5.02 Å². The summed E-state index contributed by atoms with van der Waals surface area (Å²) < 4.78 is 19.6. The first kappa shape index (κ1) is 21.6. The normalized spacial score (nSPS) is 20.3. The maximum atomic E-state index is 14.1. The lowest BCUT2D eigenvalue weighted by molar-refractivity contribution is -0.134. The molecule has 0 saturated carbocycles. The molecule has 2 aromatic carbocycles. The fourth-order valence-corrected chi connectivity index (χ4v) is 4.36. The summed E-state index contributed by atoms with van der Waals surface area (Å²) >= 11 is 5.93. The lowest BCUT2D eigenvalue weighted by Crippen LogP contribution is -2.51. The smallest absolute Gasteiger partial charge is 0.318 e. The van der Waals surface area contributed by atoms with Gasteiger partial charge in [-0.1, -0.05) is 35.9 Å². The van der Waals surface area contributed by atoms with E-state index in [0.29, 0.717) is 30.1 Å². The highest BCUT2D eigenvalue weighted by Gasteiger charge is 2.37. The fourth-order valence-electron chi connectivity index (χ4n) is 4.24. The van der Waals surface area contributed by atoms with Crippen LogP contribution in [0.3, 0.4) is 0 Å². The van der Waals surface area contributed by atoms with Gasteiger partial charge in [-0.05, 0) is 42.2 Å². The number of fused-ring (bicyclic) bond motifs is 1. The average molecular weight is 446 g/mol. The second-order valence-corrected chi connectivity index (χ2v) is 8.43. The van der Waals surface area contributed by atoms with Gasteiger partial charge in [-0.3, -0.25) is 4.79 Å². The molecule has 3 amide bonds. The van der Waals surface area contributed by atoms with E-state index in [1.54, 1.807) is 41.1 Å². The van der Waals surface area contributed by atoms with Crippen molar-refractivity contribution in [1.29, 1.82) is 0 Å². The molecule has 2 aromatic rings. The van der Waals surface area contributed by atoms with E-state index < -0.39 is 12.1 Å². The molecule has 2 atom stereocenters. The minimum absolute atomic E-state index is 0.103. The molecule has 0 aliphatic carbocycles. The van der Waals surface area contributed by atoms with E-state index in [0.717, 1.165) is 17.5 Å². The van der Waals surface area contributed by atoms with E-state index in [1.807, 2.05) is 12.1 Å². The molecule has 8 heteroatoms. The third kappa shape index (κ3) is 4.67. The van der Waals surface area contributed by atoms with Crippen molar-refractivity contribution in [3.63, 3.8) is 0 Å². The molecule has 0 aromatic heterocycles. The molecule has 1 N–H and O–H groups in total. The summed E-state index contributed by atoms with van der Waals surface area (Å²) in [6, 6.07) is 10.9. The van der Waals surface area contributed by atoms with E-state index in [1.165, 1.54) is 6.07 Å². The van der Waals surface area contributed by atoms with Gasteiger partial charge in [0.05, 0.1) is 19.3 Å². The van der Waals surface area contributed by atoms with Gasteiger partial charge in [-0.25, -0.2) is 9.18 Å². The Balaban J connectivity index is 1.42. The van der Waals surface area contributed by atoms with Crippen molar-refractivity contribution < 1.29 is 18.7 Å². The van der Waals surface area contributed by atoms with Crippen LogP contribution < -0.4 is 5.32 Å². The van der Waals surface area contributed by atoms with Crippen LogP contribution >= 0.6 is 11.6 Å². The molecule has 2 aliphatic heterocycles. The number of hydrogen-bond acceptors (Lipinski definition) is 3. The van der Waals surface area contributed by atoms with Gasteiger partial charge < -0.3 is 19.9 Å². The zero-order valence-electron chi connectivity index (χ0n) is 17.3. The van der Waals surface area contributed by atoms with Crippen molar-refractivity contribution in [3.05, 3.63) is 70.0 Å². The molecule has 1 saturated heterocycles. The fraction of sp³-hybridized carbons (Fsp3) is 0.391. The minimum Gasteiger partial charge on any atom is -0.374 e. The van der Waals surface area contributed by atoms with Gasteiger partial charge in [0.1, 0.15) is 11.9 Å². The number of likely N-dealkylation sites (N-methyl/N-ethyl adjacent to an activating group) is 1. The molecule has 164 valence electrons. The number of likely N-dealkylation sites (tertiary alicyclic amines) is 1. The standard InChI is InChI=1S/C23H25ClFN3O3/c1-27(12-15-7-9-16(24)10-8-15)22(29)21-6-3-11-28(21)23(30)26-20-14-31-13-18-17(20)4-2-5-19(18)25/h2,4-5,7-10,20-21H,3,6,11-14H2,1H3,(H,26,30)/t20?,21-/m1/s1. The molecule has 4 rings (SSSR count). The van der Waals surface area contributed by atoms with Crippen LogP contribution in [0.1, 0.15) is 35.6 Å². The molecule has 31 heavy (non-hydrogen) atoms. The molecule has 1 fully saturated rings. The van der Waals surface area contributed by atoms with Crippen LogP contribution in [0.25, 0.3) is 0 Å². The number of nitrogens with zero attached hydrogens (tertiary/aromatic N) is 2. The highest BCUT2D eigenvalue weighted by molar-refractivity contribution is 6.30. The number of rotatable bonds is 4. The number of carbonyl (C=O) groups excluding carboxylic acids is 2. The van der Waals surface area contributed by atoms with E-state index in [-0.39, 0.29) is 31.0 Å². The van der Waals surface area contributed by atoms with Gasteiger partial charge >= 0.3 is 6.03 Å². The SMILES string of the molecule is CN(Cc1ccc(Cl)cc1)C(=O)[C@H]1CCCN1C(=O)NC1COCc2c(F)cccc21. The lowest BCUT2D eigenvalue weighted by atomic mass is 9.98. The Kier molecular flexibility index (Phi) is 6.43. The number of carbonyl (C=O) groups is 2. The van der Waals surface area contributed by atoms with E-state index in [9.17, 15) is 14.0 Å². The number of hydrogen-bond donors (Lipinski definition) is 1. The average Bonchev–Trinajstić information content (AvgIpc) is 3.25. The second kappa shape index (κ2) is 9.24. The molecule has 0 bridgehead atoms. The van der Waals surface area contributed by atoms with Crippen LogP contribution in [0, 0.1) is 5.82 Å². The monoisotopic (exact) mass is 445 g/mol. The van der Waals surface area contributed by atoms with Gasteiger partial charge in [-0.15, -0.1) is 0 Å². The third-order valence-electron chi connectivity index (χ3n) is 5.87. The Labute approximate surface area is 185 Å². The zero-order valence-corrected chi connectivity index (χ0v) is 18.1. The summed E-state index contributed by atoms with van der Waals surface area (Å²) in [6.07, 6.45) is 1.37. The topological polar surface area (TPSA) is 61.9 Å². The van der Waals surface area contributed by atoms with Gasteiger partial charge in [0, 0.05) is 30.7 Å². The summed E-state index contributed by atoms with van der Waals surface area (Å²) in [4.78, 5) is 29.3. The Morgan fingerprint density at radius 3 is 2.81 bits per heavy atom. The largest absolute Gasteiger partial charge is 0.374 e. The quantitative estimate of drug-likeness (QED) is 0.776. The Morgan fingerprint density at radius 2 is 2.03 bits per heavy atom. The maximum absolute atomic E-state index is 14.1. The molecule has 0 radical (unpaired) electrons. The Hall–Kier alpha value is -2.64. The Bertz CT molecular complexity index is 969. The van der Waals surface area contributed by atoms with Crippen molar-refractivity contribution in [2.45, 2.75) is 38.1 Å². The summed E-state index contributed by atoms with van der Waals surface area (Å²) in [6.45, 7) is 1.39. The number of nitrogens with one attached hydrogen (secondary N) is 1. The number of benzene rings is 2. The van der Waals surface area contributed by atoms with Crippen LogP contribution in [-0.4, -0.2) is 48.0 Å². The van der Waals surface area contributed by atoms with Crippen LogP contribution in [0.4, 0.5) is 9.18 Å². The van der Waals surface area contributed by atoms with Gasteiger partial charge in [0.25, 0.3) is 0 Å². The van der Waals surface area contributed by atoms with Crippen LogP contribution in [0.5, 0.6) is 0 Å². The number of urea groups is 1. The molecule has 0 spiro atoms. The number of halogens is 2. The molecule has 2 aliphatic rings. The van der Waals surface area contributed by atoms with Crippen LogP contribution in [0.15, 0.2) is 42.5 Å². The summed E-state index contributed by atoms with van der Waals surface area (Å²) in [7, 11) is 1.74. The van der Waals surface area contributed by atoms with E-state index in [4.69, 9.17) is 16.3 Å². The summed E-state index contributed by atoms with van der Waals surface area (Å²) in [5.74, 6) is -0.441. The predicted molar refractivity (Wildman–Crippen MR) is 115 cm³/mol. The van der Waals surface area contributed by atoms with Gasteiger partial charge in [-0.2, -0.15) is 0 Å². The highest BCUT2D eigenvalue weighted by atomic mass is 35.5. The van der Waals surface area contributed by atoms with Crippen molar-refractivity contribution in [1.82, 2.24) is 15.1 Å². The molecule has 6 nitrogen and oxygen atoms in total. The minimum atomic E-state index is -0.520. The van der Waals surface area contributed by atoms with Gasteiger partial charge in [0.2, 0.25) is 5.91 Å². The third-order valence-corrected chi connectivity index (χ3v) is 6.12. The molecular weight excluding hydrogens is 421 g/mol. The Morgan fingerprint density at radius 1 is 1.26 bits per heavy atom. The van der Waals surface area contributed by atoms with Gasteiger partial charge in [0.15, 0.2) is 0 Å². The summed E-state index contributed by atoms with van der Waals surface area (Å²) in [5.41, 5.74) is 2.16.